The Bertz CT molecular complexity index is 1220. The lowest BCUT2D eigenvalue weighted by molar-refractivity contribution is 0.214. The molecular weight excluding hydrogens is 469 g/mol. The van der Waals surface area contributed by atoms with E-state index in [1.165, 1.54) is 31.4 Å². The second-order valence-corrected chi connectivity index (χ2v) is 10.0. The molecule has 1 aliphatic heterocycles. The van der Waals surface area contributed by atoms with Crippen molar-refractivity contribution in [1.29, 1.82) is 0 Å². The number of methoxy groups -OCH3 is 1. The van der Waals surface area contributed by atoms with E-state index in [9.17, 15) is 4.39 Å². The smallest absolute Gasteiger partial charge is 0.196 e. The summed E-state index contributed by atoms with van der Waals surface area (Å²) in [6.45, 7) is 2.89. The van der Waals surface area contributed by atoms with Crippen molar-refractivity contribution in [2.45, 2.75) is 36.7 Å². The van der Waals surface area contributed by atoms with Gasteiger partial charge in [0.1, 0.15) is 16.6 Å². The van der Waals surface area contributed by atoms with Crippen LogP contribution < -0.4 is 4.74 Å². The molecular formula is C25H26FN5OS2. The maximum atomic E-state index is 13.6. The van der Waals surface area contributed by atoms with Gasteiger partial charge in [-0.25, -0.2) is 9.37 Å². The Morgan fingerprint density at radius 3 is 2.50 bits per heavy atom. The number of nitrogens with zero attached hydrogens (tertiary/aromatic N) is 5. The van der Waals surface area contributed by atoms with E-state index in [-0.39, 0.29) is 5.82 Å². The molecule has 0 bridgehead atoms. The van der Waals surface area contributed by atoms with Crippen LogP contribution in [0.15, 0.2) is 59.1 Å². The first-order chi connectivity index (χ1) is 16.7. The summed E-state index contributed by atoms with van der Waals surface area (Å²) in [5.41, 5.74) is 2.94. The Labute approximate surface area is 206 Å². The molecule has 2 aromatic carbocycles. The molecule has 0 unspecified atom stereocenters. The van der Waals surface area contributed by atoms with E-state index in [4.69, 9.17) is 9.72 Å². The van der Waals surface area contributed by atoms with Crippen molar-refractivity contribution in [3.63, 3.8) is 0 Å². The van der Waals surface area contributed by atoms with Crippen molar-refractivity contribution in [3.8, 4) is 22.0 Å². The molecule has 0 aliphatic carbocycles. The number of likely N-dealkylation sites (tertiary alicyclic amines) is 1. The minimum Gasteiger partial charge on any atom is -0.497 e. The largest absolute Gasteiger partial charge is 0.497 e. The number of halogens is 1. The topological polar surface area (TPSA) is 56.1 Å². The van der Waals surface area contributed by atoms with E-state index < -0.39 is 0 Å². The van der Waals surface area contributed by atoms with Gasteiger partial charge in [-0.05, 0) is 74.5 Å². The molecule has 6 nitrogen and oxygen atoms in total. The quantitative estimate of drug-likeness (QED) is 0.287. The lowest BCUT2D eigenvalue weighted by Crippen LogP contribution is -2.30. The van der Waals surface area contributed by atoms with Crippen molar-refractivity contribution in [1.82, 2.24) is 24.6 Å². The first-order valence-corrected chi connectivity index (χ1v) is 13.2. The van der Waals surface area contributed by atoms with Crippen molar-refractivity contribution < 1.29 is 9.13 Å². The van der Waals surface area contributed by atoms with E-state index >= 15 is 0 Å². The molecule has 0 amide bonds. The molecule has 1 fully saturated rings. The van der Waals surface area contributed by atoms with Gasteiger partial charge in [-0.3, -0.25) is 9.47 Å². The number of hydrogen-bond acceptors (Lipinski definition) is 7. The molecule has 4 aromatic rings. The molecule has 5 rings (SSSR count). The fourth-order valence-electron chi connectivity index (χ4n) is 4.04. The molecule has 176 valence electrons. The van der Waals surface area contributed by atoms with Crippen LogP contribution in [0.3, 0.4) is 0 Å². The Morgan fingerprint density at radius 2 is 1.76 bits per heavy atom. The predicted octanol–water partition coefficient (Wildman–Crippen LogP) is 5.82. The predicted molar refractivity (Wildman–Crippen MR) is 134 cm³/mol. The zero-order chi connectivity index (χ0) is 23.3. The van der Waals surface area contributed by atoms with Gasteiger partial charge in [0.05, 0.1) is 19.3 Å². The Morgan fingerprint density at radius 1 is 1.00 bits per heavy atom. The zero-order valence-corrected chi connectivity index (χ0v) is 20.6. The summed E-state index contributed by atoms with van der Waals surface area (Å²) >= 11 is 3.22. The molecule has 9 heteroatoms. The summed E-state index contributed by atoms with van der Waals surface area (Å²) in [6, 6.07) is 14.5. The van der Waals surface area contributed by atoms with Crippen LogP contribution >= 0.6 is 23.1 Å². The Hall–Kier alpha value is -2.75. The first-order valence-electron chi connectivity index (χ1n) is 11.3. The van der Waals surface area contributed by atoms with Gasteiger partial charge in [0.25, 0.3) is 0 Å². The van der Waals surface area contributed by atoms with Crippen LogP contribution in [0.4, 0.5) is 4.39 Å². The van der Waals surface area contributed by atoms with Crippen molar-refractivity contribution in [2.24, 2.45) is 0 Å². The summed E-state index contributed by atoms with van der Waals surface area (Å²) in [4.78, 5) is 7.23. The third-order valence-electron chi connectivity index (χ3n) is 5.84. The van der Waals surface area contributed by atoms with Crippen LogP contribution in [0.2, 0.25) is 0 Å². The zero-order valence-electron chi connectivity index (χ0n) is 19.0. The summed E-state index contributed by atoms with van der Waals surface area (Å²) in [7, 11) is 1.66. The van der Waals surface area contributed by atoms with Gasteiger partial charge in [0, 0.05) is 22.4 Å². The minimum absolute atomic E-state index is 0.253. The summed E-state index contributed by atoms with van der Waals surface area (Å²) in [5, 5.41) is 12.9. The van der Waals surface area contributed by atoms with E-state index in [0.717, 1.165) is 58.3 Å². The van der Waals surface area contributed by atoms with E-state index in [0.29, 0.717) is 5.75 Å². The molecule has 34 heavy (non-hydrogen) atoms. The highest BCUT2D eigenvalue weighted by Gasteiger charge is 2.19. The van der Waals surface area contributed by atoms with Crippen LogP contribution in [0.1, 0.15) is 30.8 Å². The number of aromatic nitrogens is 4. The van der Waals surface area contributed by atoms with Crippen molar-refractivity contribution >= 4 is 23.1 Å². The summed E-state index contributed by atoms with van der Waals surface area (Å²) < 4.78 is 20.9. The van der Waals surface area contributed by atoms with Gasteiger partial charge >= 0.3 is 0 Å². The molecule has 0 N–H and O–H groups in total. The maximum absolute atomic E-state index is 13.6. The van der Waals surface area contributed by atoms with Crippen LogP contribution in [0.25, 0.3) is 16.3 Å². The Kier molecular flexibility index (Phi) is 7.22. The fraction of sp³-hybridized carbons (Fsp3) is 0.320. The van der Waals surface area contributed by atoms with Crippen LogP contribution in [0.5, 0.6) is 5.75 Å². The highest BCUT2D eigenvalue weighted by Crippen LogP contribution is 2.30. The third-order valence-corrected chi connectivity index (χ3v) is 7.74. The molecule has 0 radical (unpaired) electrons. The van der Waals surface area contributed by atoms with Gasteiger partial charge in [-0.2, -0.15) is 0 Å². The maximum Gasteiger partial charge on any atom is 0.196 e. The first kappa shape index (κ1) is 23.0. The van der Waals surface area contributed by atoms with Crippen LogP contribution in [-0.2, 0) is 12.3 Å². The second kappa shape index (κ2) is 10.7. The number of ether oxygens (including phenoxy) is 1. The lowest BCUT2D eigenvalue weighted by Gasteiger charge is -2.26. The number of piperidine rings is 1. The lowest BCUT2D eigenvalue weighted by atomic mass is 10.1. The molecule has 2 aromatic heterocycles. The molecule has 3 heterocycles. The SMILES string of the molecule is COc1ccc(-c2nc(CSc3nnc(CN4CCCCC4)n3-c3ccc(F)cc3)cs2)cc1. The highest BCUT2D eigenvalue weighted by molar-refractivity contribution is 7.98. The average Bonchev–Trinajstić information content (AvgIpc) is 3.51. The van der Waals surface area contributed by atoms with Crippen LogP contribution in [-0.4, -0.2) is 44.8 Å². The number of thioether (sulfide) groups is 1. The standard InChI is InChI=1S/C25H26FN5OS2/c1-32-22-11-5-18(6-12-22)24-27-20(16-33-24)17-34-25-29-28-23(15-30-13-3-2-4-14-30)31(25)21-9-7-19(26)8-10-21/h5-12,16H,2-4,13-15,17H2,1H3. The molecule has 1 saturated heterocycles. The van der Waals surface area contributed by atoms with Gasteiger partial charge < -0.3 is 4.74 Å². The fourth-order valence-corrected chi connectivity index (χ4v) is 5.84. The normalized spacial score (nSPS) is 14.4. The number of benzene rings is 2. The van der Waals surface area contributed by atoms with E-state index in [2.05, 4.69) is 25.0 Å². The Balaban J connectivity index is 1.35. The molecule has 0 atom stereocenters. The molecule has 1 aliphatic rings. The van der Waals surface area contributed by atoms with Gasteiger partial charge in [-0.1, -0.05) is 18.2 Å². The van der Waals surface area contributed by atoms with E-state index in [1.54, 1.807) is 42.3 Å². The van der Waals surface area contributed by atoms with Crippen molar-refractivity contribution in [2.75, 3.05) is 20.2 Å². The summed E-state index contributed by atoms with van der Waals surface area (Å²) in [5.74, 6) is 2.14. The number of thiazole rings is 1. The monoisotopic (exact) mass is 495 g/mol. The van der Waals surface area contributed by atoms with Gasteiger partial charge in [-0.15, -0.1) is 21.5 Å². The summed E-state index contributed by atoms with van der Waals surface area (Å²) in [6.07, 6.45) is 3.72. The third kappa shape index (κ3) is 5.32. The molecule has 0 spiro atoms. The average molecular weight is 496 g/mol. The van der Waals surface area contributed by atoms with Gasteiger partial charge in [0.2, 0.25) is 0 Å². The number of hydrogen-bond donors (Lipinski definition) is 0. The minimum atomic E-state index is -0.253. The highest BCUT2D eigenvalue weighted by atomic mass is 32.2. The second-order valence-electron chi connectivity index (χ2n) is 8.21. The van der Waals surface area contributed by atoms with E-state index in [1.807, 2.05) is 24.3 Å². The van der Waals surface area contributed by atoms with Gasteiger partial charge in [0.15, 0.2) is 11.0 Å². The number of rotatable bonds is 8. The van der Waals surface area contributed by atoms with Crippen molar-refractivity contribution in [3.05, 3.63) is 71.2 Å². The van der Waals surface area contributed by atoms with Crippen LogP contribution in [0, 0.1) is 5.82 Å². The molecule has 0 saturated carbocycles.